The van der Waals surface area contributed by atoms with Gasteiger partial charge in [0.25, 0.3) is 0 Å². The minimum Gasteiger partial charge on any atom is -0.463 e. The lowest BCUT2D eigenvalue weighted by molar-refractivity contribution is 0.267. The molecule has 5 heteroatoms. The van der Waals surface area contributed by atoms with Gasteiger partial charge >= 0.3 is 6.01 Å². The van der Waals surface area contributed by atoms with Gasteiger partial charge in [0.2, 0.25) is 0 Å². The molecule has 1 N–H and O–H groups in total. The summed E-state index contributed by atoms with van der Waals surface area (Å²) >= 11 is 5.91. The average Bonchev–Trinajstić information content (AvgIpc) is 2.40. The third-order valence-corrected chi connectivity index (χ3v) is 3.61. The van der Waals surface area contributed by atoms with Crippen LogP contribution in [0.3, 0.4) is 0 Å². The molecule has 0 saturated carbocycles. The quantitative estimate of drug-likeness (QED) is 0.660. The van der Waals surface area contributed by atoms with Crippen LogP contribution in [0.4, 0.5) is 0 Å². The van der Waals surface area contributed by atoms with Crippen molar-refractivity contribution in [1.29, 1.82) is 0 Å². The van der Waals surface area contributed by atoms with Crippen molar-refractivity contribution in [2.75, 3.05) is 13.2 Å². The van der Waals surface area contributed by atoms with Crippen molar-refractivity contribution < 1.29 is 4.74 Å². The Labute approximate surface area is 113 Å². The monoisotopic (exact) mass is 269 g/mol. The molecular weight excluding hydrogens is 250 g/mol. The molecule has 1 fully saturated rings. The minimum absolute atomic E-state index is 0.377. The van der Waals surface area contributed by atoms with Gasteiger partial charge < -0.3 is 10.1 Å². The second-order valence-electron chi connectivity index (χ2n) is 4.76. The smallest absolute Gasteiger partial charge is 0.317 e. The molecule has 0 unspecified atom stereocenters. The number of nitrogens with zero attached hydrogens (tertiary/aromatic N) is 2. The van der Waals surface area contributed by atoms with Crippen molar-refractivity contribution >= 4 is 11.6 Å². The predicted octanol–water partition coefficient (Wildman–Crippen LogP) is 2.74. The van der Waals surface area contributed by atoms with Crippen molar-refractivity contribution in [1.82, 2.24) is 15.3 Å². The molecule has 4 nitrogen and oxygen atoms in total. The molecule has 0 spiro atoms. The van der Waals surface area contributed by atoms with E-state index in [9.17, 15) is 0 Å². The Morgan fingerprint density at radius 1 is 1.50 bits per heavy atom. The van der Waals surface area contributed by atoms with Gasteiger partial charge in [-0.25, -0.2) is 4.98 Å². The van der Waals surface area contributed by atoms with Gasteiger partial charge in [-0.1, -0.05) is 18.0 Å². The summed E-state index contributed by atoms with van der Waals surface area (Å²) < 4.78 is 5.50. The van der Waals surface area contributed by atoms with E-state index in [4.69, 9.17) is 16.3 Å². The van der Waals surface area contributed by atoms with Gasteiger partial charge in [0.1, 0.15) is 5.15 Å². The molecule has 0 radical (unpaired) electrons. The van der Waals surface area contributed by atoms with E-state index < -0.39 is 0 Å². The standard InChI is InChI=1S/C13H20ClN3O/c1-10-9-16-13(17-12(10)14)18-8-4-6-11-5-2-3-7-15-11/h9,11,15H,2-8H2,1H3/t11-/m0/s1. The summed E-state index contributed by atoms with van der Waals surface area (Å²) in [5.41, 5.74) is 0.871. The lowest BCUT2D eigenvalue weighted by atomic mass is 10.0. The molecule has 18 heavy (non-hydrogen) atoms. The van der Waals surface area contributed by atoms with E-state index in [1.165, 1.54) is 19.3 Å². The highest BCUT2D eigenvalue weighted by molar-refractivity contribution is 6.30. The lowest BCUT2D eigenvalue weighted by Gasteiger charge is -2.23. The maximum Gasteiger partial charge on any atom is 0.317 e. The molecule has 1 saturated heterocycles. The summed E-state index contributed by atoms with van der Waals surface area (Å²) in [5, 5.41) is 3.99. The summed E-state index contributed by atoms with van der Waals surface area (Å²) in [6, 6.07) is 1.03. The first-order valence-electron chi connectivity index (χ1n) is 6.61. The molecule has 0 aliphatic carbocycles. The zero-order valence-corrected chi connectivity index (χ0v) is 11.5. The number of halogens is 1. The van der Waals surface area contributed by atoms with Crippen LogP contribution in [0.25, 0.3) is 0 Å². The Balaban J connectivity index is 1.66. The molecule has 100 valence electrons. The van der Waals surface area contributed by atoms with Crippen LogP contribution in [0.2, 0.25) is 5.15 Å². The van der Waals surface area contributed by atoms with Crippen LogP contribution in [-0.4, -0.2) is 29.2 Å². The second-order valence-corrected chi connectivity index (χ2v) is 5.12. The Bertz CT molecular complexity index is 380. The van der Waals surface area contributed by atoms with E-state index in [2.05, 4.69) is 15.3 Å². The average molecular weight is 270 g/mol. The minimum atomic E-state index is 0.377. The zero-order chi connectivity index (χ0) is 12.8. The normalized spacial score (nSPS) is 19.8. The molecule has 1 aromatic rings. The first kappa shape index (κ1) is 13.6. The van der Waals surface area contributed by atoms with Gasteiger partial charge in [0, 0.05) is 17.8 Å². The number of rotatable bonds is 5. The molecule has 0 aromatic carbocycles. The lowest BCUT2D eigenvalue weighted by Crippen LogP contribution is -2.34. The molecule has 1 aromatic heterocycles. The van der Waals surface area contributed by atoms with Crippen LogP contribution >= 0.6 is 11.6 Å². The third kappa shape index (κ3) is 4.10. The molecule has 0 amide bonds. The van der Waals surface area contributed by atoms with Crippen LogP contribution in [0.15, 0.2) is 6.20 Å². The first-order valence-corrected chi connectivity index (χ1v) is 6.99. The molecule has 1 atom stereocenters. The van der Waals surface area contributed by atoms with Gasteiger partial charge in [-0.05, 0) is 39.2 Å². The molecule has 1 aliphatic heterocycles. The number of nitrogens with one attached hydrogen (secondary N) is 1. The maximum absolute atomic E-state index is 5.91. The molecule has 0 bridgehead atoms. The largest absolute Gasteiger partial charge is 0.463 e. The Kier molecular flexibility index (Phi) is 5.20. The Morgan fingerprint density at radius 3 is 3.11 bits per heavy atom. The van der Waals surface area contributed by atoms with E-state index in [1.807, 2.05) is 6.92 Å². The van der Waals surface area contributed by atoms with E-state index in [0.717, 1.165) is 24.9 Å². The van der Waals surface area contributed by atoms with E-state index in [1.54, 1.807) is 6.20 Å². The summed E-state index contributed by atoms with van der Waals surface area (Å²) in [6.07, 6.45) is 7.80. The van der Waals surface area contributed by atoms with Crippen molar-refractivity contribution in [2.45, 2.75) is 45.1 Å². The van der Waals surface area contributed by atoms with Gasteiger partial charge in [0.05, 0.1) is 6.61 Å². The van der Waals surface area contributed by atoms with Crippen molar-refractivity contribution in [2.24, 2.45) is 0 Å². The fourth-order valence-corrected chi connectivity index (χ4v) is 2.26. The van der Waals surface area contributed by atoms with Crippen LogP contribution in [0.5, 0.6) is 6.01 Å². The second kappa shape index (κ2) is 6.90. The summed E-state index contributed by atoms with van der Waals surface area (Å²) in [5.74, 6) is 0. The van der Waals surface area contributed by atoms with Crippen LogP contribution in [0, 0.1) is 6.92 Å². The predicted molar refractivity (Wildman–Crippen MR) is 72.1 cm³/mol. The third-order valence-electron chi connectivity index (χ3n) is 3.23. The van der Waals surface area contributed by atoms with Crippen molar-refractivity contribution in [3.63, 3.8) is 0 Å². The van der Waals surface area contributed by atoms with Crippen LogP contribution in [0.1, 0.15) is 37.7 Å². The molecule has 1 aliphatic rings. The maximum atomic E-state index is 5.91. The zero-order valence-electron chi connectivity index (χ0n) is 10.8. The van der Waals surface area contributed by atoms with Crippen molar-refractivity contribution in [3.8, 4) is 6.01 Å². The van der Waals surface area contributed by atoms with Gasteiger partial charge in [-0.2, -0.15) is 4.98 Å². The molecule has 2 rings (SSSR count). The fraction of sp³-hybridized carbons (Fsp3) is 0.692. The Morgan fingerprint density at radius 2 is 2.39 bits per heavy atom. The topological polar surface area (TPSA) is 47.0 Å². The highest BCUT2D eigenvalue weighted by atomic mass is 35.5. The highest BCUT2D eigenvalue weighted by Gasteiger charge is 2.11. The van der Waals surface area contributed by atoms with E-state index >= 15 is 0 Å². The summed E-state index contributed by atoms with van der Waals surface area (Å²) in [6.45, 7) is 3.68. The highest BCUT2D eigenvalue weighted by Crippen LogP contribution is 2.15. The fourth-order valence-electron chi connectivity index (χ4n) is 2.14. The van der Waals surface area contributed by atoms with Crippen LogP contribution in [-0.2, 0) is 0 Å². The summed E-state index contributed by atoms with van der Waals surface area (Å²) in [4.78, 5) is 8.16. The van der Waals surface area contributed by atoms with E-state index in [0.29, 0.717) is 23.8 Å². The van der Waals surface area contributed by atoms with Gasteiger partial charge in [0.15, 0.2) is 0 Å². The number of ether oxygens (including phenoxy) is 1. The molecule has 2 heterocycles. The van der Waals surface area contributed by atoms with E-state index in [-0.39, 0.29) is 0 Å². The number of hydrogen-bond acceptors (Lipinski definition) is 4. The number of hydrogen-bond donors (Lipinski definition) is 1. The van der Waals surface area contributed by atoms with Gasteiger partial charge in [-0.15, -0.1) is 0 Å². The molecular formula is C13H20ClN3O. The van der Waals surface area contributed by atoms with Gasteiger partial charge in [-0.3, -0.25) is 0 Å². The Hall–Kier alpha value is -0.870. The van der Waals surface area contributed by atoms with Crippen LogP contribution < -0.4 is 10.1 Å². The number of aryl methyl sites for hydroxylation is 1. The number of piperidine rings is 1. The SMILES string of the molecule is Cc1cnc(OCCC[C@@H]2CCCCN2)nc1Cl. The van der Waals surface area contributed by atoms with Crippen molar-refractivity contribution in [3.05, 3.63) is 16.9 Å². The summed E-state index contributed by atoms with van der Waals surface area (Å²) in [7, 11) is 0. The first-order chi connectivity index (χ1) is 8.75. The number of aromatic nitrogens is 2.